The van der Waals surface area contributed by atoms with Gasteiger partial charge in [-0.05, 0) is 81.3 Å². The molecule has 2 aromatic heterocycles. The zero-order chi connectivity index (χ0) is 24.6. The minimum absolute atomic E-state index is 0.0216. The summed E-state index contributed by atoms with van der Waals surface area (Å²) < 4.78 is 33.3. The number of rotatable bonds is 5. The standard InChI is InChI=1S/C24H22N4O5S/c1-13-9-19-20(29)12-22(33-21(19)10-14(13)2)23(30)27-17-5-7-18(8-6-17)34(31,32)28-24-25-15(3)11-16(4)26-24/h5-12H,1-4H3,(H,27,30)(H,25,26,28). The molecule has 0 atom stereocenters. The molecule has 0 saturated carbocycles. The lowest BCUT2D eigenvalue weighted by molar-refractivity contribution is 0.0997. The molecule has 0 aliphatic carbocycles. The van der Waals surface area contributed by atoms with Gasteiger partial charge in [-0.15, -0.1) is 0 Å². The number of carbonyl (C=O) groups excluding carboxylic acids is 1. The van der Waals surface area contributed by atoms with Crippen LogP contribution in [0.25, 0.3) is 11.0 Å². The third kappa shape index (κ3) is 4.81. The van der Waals surface area contributed by atoms with Gasteiger partial charge in [-0.1, -0.05) is 0 Å². The highest BCUT2D eigenvalue weighted by atomic mass is 32.2. The summed E-state index contributed by atoms with van der Waals surface area (Å²) in [5.74, 6) is -0.799. The van der Waals surface area contributed by atoms with Crippen LogP contribution in [0.3, 0.4) is 0 Å². The molecule has 0 aliphatic heterocycles. The van der Waals surface area contributed by atoms with Crippen LogP contribution in [0.2, 0.25) is 0 Å². The Morgan fingerprint density at radius 1 is 0.882 bits per heavy atom. The van der Waals surface area contributed by atoms with Crippen molar-refractivity contribution < 1.29 is 17.6 Å². The number of amides is 1. The van der Waals surface area contributed by atoms with Gasteiger partial charge in [0.1, 0.15) is 5.58 Å². The molecule has 2 aromatic carbocycles. The van der Waals surface area contributed by atoms with Crippen LogP contribution in [0.15, 0.2) is 62.6 Å². The minimum atomic E-state index is -3.93. The molecular weight excluding hydrogens is 456 g/mol. The molecule has 0 aliphatic rings. The van der Waals surface area contributed by atoms with E-state index in [4.69, 9.17) is 4.42 Å². The van der Waals surface area contributed by atoms with E-state index in [1.165, 1.54) is 24.3 Å². The summed E-state index contributed by atoms with van der Waals surface area (Å²) in [7, 11) is -3.93. The smallest absolute Gasteiger partial charge is 0.291 e. The maximum absolute atomic E-state index is 12.7. The first kappa shape index (κ1) is 23.1. The summed E-state index contributed by atoms with van der Waals surface area (Å²) >= 11 is 0. The molecule has 0 fully saturated rings. The zero-order valence-electron chi connectivity index (χ0n) is 19.0. The fourth-order valence-corrected chi connectivity index (χ4v) is 4.33. The molecule has 174 valence electrons. The van der Waals surface area contributed by atoms with E-state index >= 15 is 0 Å². The first-order chi connectivity index (χ1) is 16.0. The van der Waals surface area contributed by atoms with E-state index in [0.29, 0.717) is 28.0 Å². The van der Waals surface area contributed by atoms with Crippen molar-refractivity contribution in [1.82, 2.24) is 9.97 Å². The summed E-state index contributed by atoms with van der Waals surface area (Å²) in [6, 6.07) is 11.9. The van der Waals surface area contributed by atoms with E-state index < -0.39 is 15.9 Å². The summed E-state index contributed by atoms with van der Waals surface area (Å²) in [6.07, 6.45) is 0. The number of aromatic nitrogens is 2. The monoisotopic (exact) mass is 478 g/mol. The Morgan fingerprint density at radius 3 is 2.15 bits per heavy atom. The average Bonchev–Trinajstić information content (AvgIpc) is 2.74. The number of carbonyl (C=O) groups is 1. The number of benzene rings is 2. The Morgan fingerprint density at radius 2 is 1.50 bits per heavy atom. The van der Waals surface area contributed by atoms with Gasteiger partial charge in [-0.25, -0.2) is 23.1 Å². The summed E-state index contributed by atoms with van der Waals surface area (Å²) in [5, 5.41) is 3.01. The van der Waals surface area contributed by atoms with E-state index in [0.717, 1.165) is 17.2 Å². The second kappa shape index (κ2) is 8.71. The lowest BCUT2D eigenvalue weighted by Crippen LogP contribution is -2.17. The first-order valence-corrected chi connectivity index (χ1v) is 11.8. The molecule has 0 saturated heterocycles. The highest BCUT2D eigenvalue weighted by Crippen LogP contribution is 2.20. The number of hydrogen-bond donors (Lipinski definition) is 2. The SMILES string of the molecule is Cc1cc(C)nc(NS(=O)(=O)c2ccc(NC(=O)c3cc(=O)c4cc(C)c(C)cc4o3)cc2)n1. The lowest BCUT2D eigenvalue weighted by atomic mass is 10.1. The predicted molar refractivity (Wildman–Crippen MR) is 129 cm³/mol. The fraction of sp³-hybridized carbons (Fsp3) is 0.167. The van der Waals surface area contributed by atoms with Crippen LogP contribution in [0, 0.1) is 27.7 Å². The maximum Gasteiger partial charge on any atom is 0.291 e. The molecule has 2 N–H and O–H groups in total. The molecule has 2 heterocycles. The number of fused-ring (bicyclic) bond motifs is 1. The van der Waals surface area contributed by atoms with Gasteiger partial charge < -0.3 is 9.73 Å². The summed E-state index contributed by atoms with van der Waals surface area (Å²) in [6.45, 7) is 7.26. The van der Waals surface area contributed by atoms with E-state index in [1.54, 1.807) is 32.0 Å². The molecule has 0 bridgehead atoms. The average molecular weight is 479 g/mol. The summed E-state index contributed by atoms with van der Waals surface area (Å²) in [4.78, 5) is 33.2. The van der Waals surface area contributed by atoms with Crippen molar-refractivity contribution in [1.29, 1.82) is 0 Å². The van der Waals surface area contributed by atoms with Gasteiger partial charge in [0.05, 0.1) is 10.3 Å². The van der Waals surface area contributed by atoms with Crippen LogP contribution in [-0.2, 0) is 10.0 Å². The highest BCUT2D eigenvalue weighted by molar-refractivity contribution is 7.92. The molecule has 0 unspecified atom stereocenters. The third-order valence-corrected chi connectivity index (χ3v) is 6.54. The molecule has 34 heavy (non-hydrogen) atoms. The molecule has 1 amide bonds. The predicted octanol–water partition coefficient (Wildman–Crippen LogP) is 3.87. The van der Waals surface area contributed by atoms with Gasteiger partial charge in [0.2, 0.25) is 5.95 Å². The molecule has 0 radical (unpaired) electrons. The second-order valence-electron chi connectivity index (χ2n) is 7.97. The molecule has 9 nitrogen and oxygen atoms in total. The second-order valence-corrected chi connectivity index (χ2v) is 9.65. The van der Waals surface area contributed by atoms with E-state index in [2.05, 4.69) is 20.0 Å². The lowest BCUT2D eigenvalue weighted by Gasteiger charge is -2.10. The van der Waals surface area contributed by atoms with Crippen molar-refractivity contribution in [3.63, 3.8) is 0 Å². The molecule has 0 spiro atoms. The molecular formula is C24H22N4O5S. The number of nitrogens with zero attached hydrogens (tertiary/aromatic N) is 2. The number of nitrogens with one attached hydrogen (secondary N) is 2. The largest absolute Gasteiger partial charge is 0.451 e. The molecule has 4 aromatic rings. The van der Waals surface area contributed by atoms with Crippen LogP contribution in [0.5, 0.6) is 0 Å². The van der Waals surface area contributed by atoms with Crippen LogP contribution in [0.4, 0.5) is 11.6 Å². The Hall–Kier alpha value is -4.05. The Bertz CT molecular complexity index is 1570. The normalized spacial score (nSPS) is 11.4. The quantitative estimate of drug-likeness (QED) is 0.445. The molecule has 4 rings (SSSR count). The van der Waals surface area contributed by atoms with Crippen molar-refractivity contribution in [2.24, 2.45) is 0 Å². The third-order valence-electron chi connectivity index (χ3n) is 5.20. The van der Waals surface area contributed by atoms with Crippen molar-refractivity contribution >= 4 is 38.5 Å². The Labute approximate surface area is 195 Å². The van der Waals surface area contributed by atoms with Crippen LogP contribution in [0.1, 0.15) is 33.1 Å². The van der Waals surface area contributed by atoms with Gasteiger partial charge >= 0.3 is 0 Å². The molecule has 10 heteroatoms. The summed E-state index contributed by atoms with van der Waals surface area (Å²) in [5.41, 5.74) is 3.48. The van der Waals surface area contributed by atoms with E-state index in [-0.39, 0.29) is 22.0 Å². The number of sulfonamides is 1. The van der Waals surface area contributed by atoms with Gasteiger partial charge in [-0.2, -0.15) is 0 Å². The fourth-order valence-electron chi connectivity index (χ4n) is 3.38. The first-order valence-electron chi connectivity index (χ1n) is 10.3. The van der Waals surface area contributed by atoms with Crippen LogP contribution < -0.4 is 15.5 Å². The van der Waals surface area contributed by atoms with E-state index in [9.17, 15) is 18.0 Å². The van der Waals surface area contributed by atoms with Crippen molar-refractivity contribution in [2.75, 3.05) is 10.0 Å². The Balaban J connectivity index is 1.54. The Kier molecular flexibility index (Phi) is 5.92. The topological polar surface area (TPSA) is 131 Å². The minimum Gasteiger partial charge on any atom is -0.451 e. The number of hydrogen-bond acceptors (Lipinski definition) is 7. The van der Waals surface area contributed by atoms with Crippen molar-refractivity contribution in [3.05, 3.63) is 87.0 Å². The van der Waals surface area contributed by atoms with E-state index in [1.807, 2.05) is 13.8 Å². The van der Waals surface area contributed by atoms with Crippen molar-refractivity contribution in [3.8, 4) is 0 Å². The van der Waals surface area contributed by atoms with Crippen LogP contribution in [-0.4, -0.2) is 24.3 Å². The van der Waals surface area contributed by atoms with Crippen LogP contribution >= 0.6 is 0 Å². The van der Waals surface area contributed by atoms with Crippen molar-refractivity contribution in [2.45, 2.75) is 32.6 Å². The van der Waals surface area contributed by atoms with Gasteiger partial charge in [0.15, 0.2) is 11.2 Å². The number of anilines is 2. The van der Waals surface area contributed by atoms with Gasteiger partial charge in [0.25, 0.3) is 15.9 Å². The maximum atomic E-state index is 12.7. The zero-order valence-corrected chi connectivity index (χ0v) is 19.8. The number of aryl methyl sites for hydroxylation is 4. The highest BCUT2D eigenvalue weighted by Gasteiger charge is 2.17. The van der Waals surface area contributed by atoms with Gasteiger partial charge in [0, 0.05) is 23.1 Å². The van der Waals surface area contributed by atoms with Gasteiger partial charge in [-0.3, -0.25) is 9.59 Å².